The van der Waals surface area contributed by atoms with Gasteiger partial charge in [-0.05, 0) is 42.9 Å². The van der Waals surface area contributed by atoms with E-state index in [1.165, 1.54) is 6.07 Å². The van der Waals surface area contributed by atoms with Crippen molar-refractivity contribution in [2.24, 2.45) is 5.41 Å². The Morgan fingerprint density at radius 1 is 1.26 bits per heavy atom. The lowest BCUT2D eigenvalue weighted by Crippen LogP contribution is -2.63. The number of hydrogen-bond donors (Lipinski definition) is 2. The van der Waals surface area contributed by atoms with Gasteiger partial charge in [0.2, 0.25) is 0 Å². The van der Waals surface area contributed by atoms with Gasteiger partial charge in [-0.15, -0.1) is 0 Å². The molecule has 2 N–H and O–H groups in total. The Labute approximate surface area is 114 Å². The van der Waals surface area contributed by atoms with Gasteiger partial charge in [0.05, 0.1) is 6.10 Å². The van der Waals surface area contributed by atoms with E-state index in [2.05, 4.69) is 19.2 Å². The minimum Gasteiger partial charge on any atom is -0.392 e. The molecule has 3 heteroatoms. The maximum Gasteiger partial charge on any atom is 0.123 e. The van der Waals surface area contributed by atoms with Crippen molar-refractivity contribution in [3.63, 3.8) is 0 Å². The average molecular weight is 263 g/mol. The van der Waals surface area contributed by atoms with Crippen molar-refractivity contribution in [2.45, 2.75) is 57.2 Å². The highest BCUT2D eigenvalue weighted by atomic mass is 19.1. The third kappa shape index (κ3) is 2.30. The van der Waals surface area contributed by atoms with E-state index in [1.807, 2.05) is 6.07 Å². The summed E-state index contributed by atoms with van der Waals surface area (Å²) in [7, 11) is 0. The van der Waals surface area contributed by atoms with Crippen molar-refractivity contribution < 1.29 is 9.50 Å². The van der Waals surface area contributed by atoms with E-state index >= 15 is 0 Å². The average Bonchev–Trinajstić information content (AvgIpc) is 2.31. The summed E-state index contributed by atoms with van der Waals surface area (Å²) in [5.74, 6) is 0.346. The monoisotopic (exact) mass is 263 g/mol. The predicted molar refractivity (Wildman–Crippen MR) is 73.5 cm³/mol. The Kier molecular flexibility index (Phi) is 3.14. The van der Waals surface area contributed by atoms with Crippen LogP contribution in [0, 0.1) is 11.2 Å². The van der Waals surface area contributed by atoms with Gasteiger partial charge in [0, 0.05) is 17.5 Å². The molecule has 0 bridgehead atoms. The van der Waals surface area contributed by atoms with Gasteiger partial charge in [0.15, 0.2) is 0 Å². The highest BCUT2D eigenvalue weighted by Gasteiger charge is 2.48. The zero-order chi connectivity index (χ0) is 13.6. The smallest absolute Gasteiger partial charge is 0.123 e. The van der Waals surface area contributed by atoms with Gasteiger partial charge < -0.3 is 10.4 Å². The van der Waals surface area contributed by atoms with Crippen LogP contribution in [0.3, 0.4) is 0 Å². The zero-order valence-electron chi connectivity index (χ0n) is 11.6. The van der Waals surface area contributed by atoms with Crippen molar-refractivity contribution in [1.29, 1.82) is 0 Å². The number of hydrogen-bond acceptors (Lipinski definition) is 2. The molecule has 2 unspecified atom stereocenters. The number of aliphatic hydroxyl groups excluding tert-OH is 1. The van der Waals surface area contributed by atoms with Crippen LogP contribution in [0.4, 0.5) is 4.39 Å². The predicted octanol–water partition coefficient (Wildman–Crippen LogP) is 2.82. The van der Waals surface area contributed by atoms with Crippen LogP contribution in [-0.2, 0) is 0 Å². The third-order valence-electron chi connectivity index (χ3n) is 5.11. The van der Waals surface area contributed by atoms with Gasteiger partial charge in [-0.3, -0.25) is 0 Å². The lowest BCUT2D eigenvalue weighted by atomic mass is 9.63. The molecule has 2 aliphatic rings. The maximum absolute atomic E-state index is 13.2. The van der Waals surface area contributed by atoms with Crippen LogP contribution < -0.4 is 5.32 Å². The molecule has 2 aliphatic carbocycles. The molecule has 104 valence electrons. The van der Waals surface area contributed by atoms with E-state index in [-0.39, 0.29) is 17.3 Å². The highest BCUT2D eigenvalue weighted by Crippen LogP contribution is 2.43. The SMILES string of the molecule is CC1(C)C(O)CC1NC1CC(c2cccc(F)c2)C1. The molecule has 1 aromatic rings. The molecule has 3 rings (SSSR count). The lowest BCUT2D eigenvalue weighted by Gasteiger charge is -2.52. The fraction of sp³-hybridized carbons (Fsp3) is 0.625. The Balaban J connectivity index is 1.51. The first-order valence-corrected chi connectivity index (χ1v) is 7.16. The number of nitrogens with one attached hydrogen (secondary N) is 1. The third-order valence-corrected chi connectivity index (χ3v) is 5.11. The second-order valence-electron chi connectivity index (χ2n) is 6.71. The summed E-state index contributed by atoms with van der Waals surface area (Å²) >= 11 is 0. The van der Waals surface area contributed by atoms with Crippen LogP contribution in [0.2, 0.25) is 0 Å². The van der Waals surface area contributed by atoms with E-state index in [0.717, 1.165) is 24.8 Å². The summed E-state index contributed by atoms with van der Waals surface area (Å²) in [5.41, 5.74) is 1.11. The number of rotatable bonds is 3. The molecular formula is C16H22FNO. The zero-order valence-corrected chi connectivity index (χ0v) is 11.6. The molecule has 2 saturated carbocycles. The first kappa shape index (κ1) is 13.1. The fourth-order valence-corrected chi connectivity index (χ4v) is 3.26. The van der Waals surface area contributed by atoms with Crippen LogP contribution in [0.5, 0.6) is 0 Å². The molecule has 0 saturated heterocycles. The maximum atomic E-state index is 13.2. The van der Waals surface area contributed by atoms with Crippen LogP contribution in [0.15, 0.2) is 24.3 Å². The summed E-state index contributed by atoms with van der Waals surface area (Å²) in [6.07, 6.45) is 2.83. The largest absolute Gasteiger partial charge is 0.392 e. The molecule has 0 amide bonds. The fourth-order valence-electron chi connectivity index (χ4n) is 3.26. The molecule has 0 aromatic heterocycles. The van der Waals surface area contributed by atoms with E-state index in [4.69, 9.17) is 0 Å². The topological polar surface area (TPSA) is 32.3 Å². The van der Waals surface area contributed by atoms with Crippen molar-refractivity contribution in [2.75, 3.05) is 0 Å². The summed E-state index contributed by atoms with van der Waals surface area (Å²) in [6, 6.07) is 7.89. The number of benzene rings is 1. The molecule has 2 atom stereocenters. The normalized spacial score (nSPS) is 36.4. The molecular weight excluding hydrogens is 241 g/mol. The summed E-state index contributed by atoms with van der Waals surface area (Å²) in [5, 5.41) is 13.4. The molecule has 0 radical (unpaired) electrons. The summed E-state index contributed by atoms with van der Waals surface area (Å²) in [6.45, 7) is 4.23. The van der Waals surface area contributed by atoms with Gasteiger partial charge in [0.25, 0.3) is 0 Å². The number of aliphatic hydroxyl groups is 1. The van der Waals surface area contributed by atoms with E-state index in [0.29, 0.717) is 18.0 Å². The van der Waals surface area contributed by atoms with Crippen LogP contribution in [0.1, 0.15) is 44.6 Å². The Hall–Kier alpha value is -0.930. The Bertz CT molecular complexity index is 468. The standard InChI is InChI=1S/C16H22FNO/c1-16(2)14(9-15(16)19)18-13-7-11(8-13)10-4-3-5-12(17)6-10/h3-6,11,13-15,18-19H,7-9H2,1-2H3. The molecule has 1 aromatic carbocycles. The molecule has 0 spiro atoms. The highest BCUT2D eigenvalue weighted by molar-refractivity contribution is 5.24. The minimum atomic E-state index is -0.177. The second kappa shape index (κ2) is 4.57. The van der Waals surface area contributed by atoms with Gasteiger partial charge in [-0.2, -0.15) is 0 Å². The van der Waals surface area contributed by atoms with E-state index in [9.17, 15) is 9.50 Å². The van der Waals surface area contributed by atoms with Gasteiger partial charge in [-0.1, -0.05) is 26.0 Å². The van der Waals surface area contributed by atoms with Crippen molar-refractivity contribution >= 4 is 0 Å². The van der Waals surface area contributed by atoms with Gasteiger partial charge in [0.1, 0.15) is 5.82 Å². The van der Waals surface area contributed by atoms with E-state index < -0.39 is 0 Å². The number of halogens is 1. The molecule has 0 aliphatic heterocycles. The Morgan fingerprint density at radius 3 is 2.58 bits per heavy atom. The van der Waals surface area contributed by atoms with Gasteiger partial charge >= 0.3 is 0 Å². The molecule has 0 heterocycles. The molecule has 19 heavy (non-hydrogen) atoms. The van der Waals surface area contributed by atoms with Crippen LogP contribution in [0.25, 0.3) is 0 Å². The van der Waals surface area contributed by atoms with Crippen molar-refractivity contribution in [1.82, 2.24) is 5.32 Å². The molecule has 2 nitrogen and oxygen atoms in total. The Morgan fingerprint density at radius 2 is 2.00 bits per heavy atom. The second-order valence-corrected chi connectivity index (χ2v) is 6.71. The molecule has 2 fully saturated rings. The minimum absolute atomic E-state index is 0.00998. The quantitative estimate of drug-likeness (QED) is 0.879. The van der Waals surface area contributed by atoms with Crippen molar-refractivity contribution in [3.8, 4) is 0 Å². The van der Waals surface area contributed by atoms with Crippen LogP contribution >= 0.6 is 0 Å². The first-order valence-electron chi connectivity index (χ1n) is 7.16. The lowest BCUT2D eigenvalue weighted by molar-refractivity contribution is -0.0793. The van der Waals surface area contributed by atoms with Crippen LogP contribution in [-0.4, -0.2) is 23.3 Å². The van der Waals surface area contributed by atoms with Gasteiger partial charge in [-0.25, -0.2) is 4.39 Å². The van der Waals surface area contributed by atoms with E-state index in [1.54, 1.807) is 12.1 Å². The van der Waals surface area contributed by atoms with Crippen molar-refractivity contribution in [3.05, 3.63) is 35.6 Å². The summed E-state index contributed by atoms with van der Waals surface area (Å²) in [4.78, 5) is 0. The first-order chi connectivity index (χ1) is 8.96. The summed E-state index contributed by atoms with van der Waals surface area (Å²) < 4.78 is 13.2.